The highest BCUT2D eigenvalue weighted by Gasteiger charge is 2.43. The van der Waals surface area contributed by atoms with E-state index in [0.717, 1.165) is 59.7 Å². The Morgan fingerprint density at radius 1 is 1.00 bits per heavy atom. The maximum Gasteiger partial charge on any atom is 0.209 e. The standard InChI is InChI=1S/C35H44N2O4S2/c1-24(2)31(38)14-10-9-13-21-37-30-19-17-25(42-39)22-27(30)35(5,6)33(37)16-12-8-11-15-32-34(3,4)28-23-26(43(40)41)18-20-29(28)36(32)7/h8,11-12,15-20,22-24H,9-10,13-14,21H2,1-7H3,(H-,39,40,41)/p+1. The number of allylic oxidation sites excluding steroid dienone is 6. The molecule has 2 aliphatic heterocycles. The highest BCUT2D eigenvalue weighted by molar-refractivity contribution is 7.93. The normalized spacial score (nSPS) is 18.8. The van der Waals surface area contributed by atoms with E-state index >= 15 is 0 Å². The molecule has 0 bridgehead atoms. The fourth-order valence-corrected chi connectivity index (χ4v) is 6.97. The molecule has 8 heteroatoms. The molecule has 2 aromatic carbocycles. The lowest BCUT2D eigenvalue weighted by atomic mass is 9.81. The molecular formula is C35H45N2O4S2+. The molecule has 0 radical (unpaired) electrons. The monoisotopic (exact) mass is 621 g/mol. The Morgan fingerprint density at radius 3 is 2.42 bits per heavy atom. The van der Waals surface area contributed by atoms with Crippen LogP contribution in [0.1, 0.15) is 78.4 Å². The fraction of sp³-hybridized carbons (Fsp3) is 0.429. The molecule has 2 N–H and O–H groups in total. The molecule has 1 unspecified atom stereocenters. The predicted molar refractivity (Wildman–Crippen MR) is 179 cm³/mol. The van der Waals surface area contributed by atoms with E-state index in [2.05, 4.69) is 67.5 Å². The SMILES string of the molecule is CC(C)C(=O)CCCCCN1/C(=C/C=C/C=C/C2=[N+](C)c3ccc(S(=O)O)cc3C2(C)C)C(C)(C)c2cc(SO)ccc21. The molecule has 0 saturated carbocycles. The van der Waals surface area contributed by atoms with Gasteiger partial charge in [0.15, 0.2) is 16.8 Å². The van der Waals surface area contributed by atoms with E-state index in [-0.39, 0.29) is 16.7 Å². The fourth-order valence-electron chi connectivity index (χ4n) is 6.27. The first-order chi connectivity index (χ1) is 20.3. The number of carbonyl (C=O) groups is 1. The maximum atomic E-state index is 12.0. The Morgan fingerprint density at radius 2 is 1.74 bits per heavy atom. The number of hydrogen-bond acceptors (Lipinski definition) is 5. The van der Waals surface area contributed by atoms with Gasteiger partial charge in [-0.15, -0.1) is 0 Å². The van der Waals surface area contributed by atoms with E-state index in [0.29, 0.717) is 17.1 Å². The number of unbranched alkanes of at least 4 members (excludes halogenated alkanes) is 2. The molecule has 2 heterocycles. The summed E-state index contributed by atoms with van der Waals surface area (Å²) in [6, 6.07) is 11.6. The minimum Gasteiger partial charge on any atom is -0.344 e. The van der Waals surface area contributed by atoms with Gasteiger partial charge < -0.3 is 14.0 Å². The minimum absolute atomic E-state index is 0.0973. The van der Waals surface area contributed by atoms with E-state index in [1.54, 1.807) is 6.07 Å². The number of nitrogens with zero attached hydrogens (tertiary/aromatic N) is 2. The molecule has 2 aliphatic rings. The molecule has 0 aliphatic carbocycles. The van der Waals surface area contributed by atoms with Gasteiger partial charge in [-0.2, -0.15) is 4.58 Å². The predicted octanol–water partition coefficient (Wildman–Crippen LogP) is 8.42. The van der Waals surface area contributed by atoms with E-state index in [1.807, 2.05) is 51.2 Å². The Hall–Kier alpha value is -2.78. The molecule has 1 atom stereocenters. The Balaban J connectivity index is 1.54. The average Bonchev–Trinajstić information content (AvgIpc) is 3.29. The number of fused-ring (bicyclic) bond motifs is 2. The van der Waals surface area contributed by atoms with Gasteiger partial charge in [-0.05, 0) is 68.7 Å². The van der Waals surface area contributed by atoms with Crippen LogP contribution >= 0.6 is 12.0 Å². The van der Waals surface area contributed by atoms with Crippen LogP contribution in [0.4, 0.5) is 11.4 Å². The van der Waals surface area contributed by atoms with Gasteiger partial charge in [-0.3, -0.25) is 4.79 Å². The highest BCUT2D eigenvalue weighted by atomic mass is 32.2. The summed E-state index contributed by atoms with van der Waals surface area (Å²) < 4.78 is 33.1. The summed E-state index contributed by atoms with van der Waals surface area (Å²) in [6.45, 7) is 13.5. The average molecular weight is 622 g/mol. The second kappa shape index (κ2) is 13.5. The van der Waals surface area contributed by atoms with Crippen LogP contribution in [0.5, 0.6) is 0 Å². The summed E-state index contributed by atoms with van der Waals surface area (Å²) in [7, 11) is 2.03. The van der Waals surface area contributed by atoms with Gasteiger partial charge in [0.2, 0.25) is 5.69 Å². The number of carbonyl (C=O) groups excluding carboxylic acids is 1. The van der Waals surface area contributed by atoms with Crippen LogP contribution in [0.25, 0.3) is 0 Å². The van der Waals surface area contributed by atoms with Crippen LogP contribution in [0.15, 0.2) is 82.3 Å². The first kappa shape index (κ1) is 33.1. The van der Waals surface area contributed by atoms with Gasteiger partial charge >= 0.3 is 0 Å². The number of hydrogen-bond donors (Lipinski definition) is 2. The Kier molecular flexibility index (Phi) is 10.4. The smallest absolute Gasteiger partial charge is 0.209 e. The lowest BCUT2D eigenvalue weighted by molar-refractivity contribution is -0.401. The number of ketones is 1. The minimum atomic E-state index is -2.01. The lowest BCUT2D eigenvalue weighted by Crippen LogP contribution is -2.27. The van der Waals surface area contributed by atoms with Gasteiger partial charge in [-0.25, -0.2) is 4.21 Å². The molecule has 0 amide bonds. The molecule has 0 fully saturated rings. The van der Waals surface area contributed by atoms with Crippen molar-refractivity contribution in [1.29, 1.82) is 0 Å². The zero-order valence-corrected chi connectivity index (χ0v) is 28.0. The van der Waals surface area contributed by atoms with E-state index < -0.39 is 11.1 Å². The van der Waals surface area contributed by atoms with Crippen LogP contribution in [0, 0.1) is 5.92 Å². The molecule has 0 saturated heterocycles. The van der Waals surface area contributed by atoms with Crippen LogP contribution in [0.2, 0.25) is 0 Å². The first-order valence-corrected chi connectivity index (χ1v) is 16.9. The Labute approximate surface area is 263 Å². The summed E-state index contributed by atoms with van der Waals surface area (Å²) in [6.07, 6.45) is 14.0. The number of benzene rings is 2. The molecule has 0 spiro atoms. The van der Waals surface area contributed by atoms with Crippen molar-refractivity contribution in [1.82, 2.24) is 0 Å². The molecule has 43 heavy (non-hydrogen) atoms. The van der Waals surface area contributed by atoms with Crippen molar-refractivity contribution >= 4 is 46.0 Å². The summed E-state index contributed by atoms with van der Waals surface area (Å²) in [5.74, 6) is 0.432. The summed E-state index contributed by atoms with van der Waals surface area (Å²) >= 11 is -1.24. The summed E-state index contributed by atoms with van der Waals surface area (Å²) in [5.41, 5.74) is 6.21. The molecule has 4 rings (SSSR count). The second-order valence-corrected chi connectivity index (χ2v) is 14.4. The van der Waals surface area contributed by atoms with Gasteiger partial charge in [-0.1, -0.05) is 52.3 Å². The van der Waals surface area contributed by atoms with E-state index in [9.17, 15) is 18.1 Å². The zero-order valence-electron chi connectivity index (χ0n) is 26.4. The van der Waals surface area contributed by atoms with Crippen LogP contribution in [0.3, 0.4) is 0 Å². The summed E-state index contributed by atoms with van der Waals surface area (Å²) in [4.78, 5) is 15.7. The van der Waals surface area contributed by atoms with E-state index in [1.165, 1.54) is 16.9 Å². The first-order valence-electron chi connectivity index (χ1n) is 15.0. The second-order valence-electron chi connectivity index (χ2n) is 12.8. The molecular weight excluding hydrogens is 577 g/mol. The van der Waals surface area contributed by atoms with Crippen molar-refractivity contribution in [3.05, 3.63) is 83.6 Å². The molecule has 6 nitrogen and oxygen atoms in total. The third-order valence-corrected chi connectivity index (χ3v) is 9.98. The van der Waals surface area contributed by atoms with Crippen LogP contribution < -0.4 is 4.90 Å². The molecule has 0 aromatic heterocycles. The summed E-state index contributed by atoms with van der Waals surface area (Å²) in [5, 5.41) is 0. The number of Topliss-reactive ketones (excluding diaryl/α,β-unsaturated/α-hetero) is 1. The molecule has 2 aromatic rings. The lowest BCUT2D eigenvalue weighted by Gasteiger charge is -2.27. The van der Waals surface area contributed by atoms with Crippen molar-refractivity contribution in [2.75, 3.05) is 18.5 Å². The maximum absolute atomic E-state index is 12.0. The number of rotatable bonds is 12. The van der Waals surface area contributed by atoms with E-state index in [4.69, 9.17) is 0 Å². The largest absolute Gasteiger partial charge is 0.344 e. The van der Waals surface area contributed by atoms with Crippen LogP contribution in [-0.2, 0) is 26.7 Å². The van der Waals surface area contributed by atoms with Crippen molar-refractivity contribution in [2.24, 2.45) is 5.92 Å². The third kappa shape index (κ3) is 6.83. The zero-order chi connectivity index (χ0) is 31.5. The van der Waals surface area contributed by atoms with Gasteiger partial charge in [0.05, 0.1) is 10.3 Å². The topological polar surface area (TPSA) is 80.9 Å². The third-order valence-electron chi connectivity index (χ3n) is 8.85. The number of anilines is 1. The van der Waals surface area contributed by atoms with Crippen molar-refractivity contribution in [3.8, 4) is 0 Å². The van der Waals surface area contributed by atoms with Crippen molar-refractivity contribution in [2.45, 2.75) is 87.8 Å². The van der Waals surface area contributed by atoms with Crippen molar-refractivity contribution < 1.29 is 22.7 Å². The highest BCUT2D eigenvalue weighted by Crippen LogP contribution is 2.49. The molecule has 230 valence electrons. The van der Waals surface area contributed by atoms with Crippen molar-refractivity contribution in [3.63, 3.8) is 0 Å². The van der Waals surface area contributed by atoms with Gasteiger partial charge in [0, 0.05) is 70.3 Å². The van der Waals surface area contributed by atoms with Gasteiger partial charge in [0.1, 0.15) is 12.8 Å². The Bertz CT molecular complexity index is 1530. The quantitative estimate of drug-likeness (QED) is 0.0814. The van der Waals surface area contributed by atoms with Crippen LogP contribution in [-0.4, -0.2) is 43.0 Å². The van der Waals surface area contributed by atoms with Gasteiger partial charge in [0.25, 0.3) is 0 Å².